The molecule has 2 aromatic heterocycles. The van der Waals surface area contributed by atoms with Gasteiger partial charge in [0.05, 0.1) is 12.2 Å². The van der Waals surface area contributed by atoms with E-state index in [4.69, 9.17) is 5.73 Å². The molecule has 0 saturated heterocycles. The summed E-state index contributed by atoms with van der Waals surface area (Å²) >= 11 is 1.05. The van der Waals surface area contributed by atoms with Crippen molar-refractivity contribution in [2.75, 3.05) is 11.9 Å². The van der Waals surface area contributed by atoms with Crippen LogP contribution in [0.4, 0.5) is 5.82 Å². The lowest BCUT2D eigenvalue weighted by Crippen LogP contribution is -2.12. The van der Waals surface area contributed by atoms with Gasteiger partial charge >= 0.3 is 0 Å². The molecule has 96 valence electrons. The molecule has 2 aromatic rings. The quantitative estimate of drug-likeness (QED) is 0.789. The monoisotopic (exact) mass is 273 g/mol. The molecular formula is C12H11N5OS. The molecule has 7 heteroatoms. The minimum absolute atomic E-state index is 0.274. The van der Waals surface area contributed by atoms with Crippen LogP contribution in [0.15, 0.2) is 18.3 Å². The molecule has 0 aliphatic carbocycles. The third kappa shape index (κ3) is 3.34. The standard InChI is InChI=1S/C12H11N5OS/c1-8-11(19-17-16-8)12(18)15-10-7-9(3-2-5-13)4-6-14-10/h4,6-7H,5,13H2,1H3,(H,14,15,18). The van der Waals surface area contributed by atoms with E-state index in [1.807, 2.05) is 0 Å². The van der Waals surface area contributed by atoms with Crippen molar-refractivity contribution in [1.82, 2.24) is 14.6 Å². The van der Waals surface area contributed by atoms with Crippen molar-refractivity contribution in [3.05, 3.63) is 34.5 Å². The Kier molecular flexibility index (Phi) is 4.18. The molecule has 2 heterocycles. The molecule has 0 spiro atoms. The molecule has 0 aromatic carbocycles. The maximum atomic E-state index is 11.9. The second kappa shape index (κ2) is 6.04. The van der Waals surface area contributed by atoms with Crippen molar-refractivity contribution in [1.29, 1.82) is 0 Å². The molecule has 0 fully saturated rings. The van der Waals surface area contributed by atoms with Crippen LogP contribution in [0.5, 0.6) is 0 Å². The van der Waals surface area contributed by atoms with E-state index in [0.717, 1.165) is 17.1 Å². The number of hydrogen-bond donors (Lipinski definition) is 2. The molecular weight excluding hydrogens is 262 g/mol. The van der Waals surface area contributed by atoms with Crippen LogP contribution in [0.1, 0.15) is 20.9 Å². The number of nitrogens with one attached hydrogen (secondary N) is 1. The number of amides is 1. The Balaban J connectivity index is 2.15. The highest BCUT2D eigenvalue weighted by molar-refractivity contribution is 7.08. The fourth-order valence-corrected chi connectivity index (χ4v) is 1.89. The first-order valence-corrected chi connectivity index (χ1v) is 6.23. The van der Waals surface area contributed by atoms with Gasteiger partial charge in [-0.05, 0) is 30.6 Å². The normalized spacial score (nSPS) is 9.58. The van der Waals surface area contributed by atoms with Gasteiger partial charge in [-0.25, -0.2) is 4.98 Å². The van der Waals surface area contributed by atoms with E-state index in [1.165, 1.54) is 0 Å². The van der Waals surface area contributed by atoms with Crippen molar-refractivity contribution in [2.24, 2.45) is 5.73 Å². The van der Waals surface area contributed by atoms with Crippen molar-refractivity contribution in [2.45, 2.75) is 6.92 Å². The minimum atomic E-state index is -0.274. The van der Waals surface area contributed by atoms with Gasteiger partial charge in [0.1, 0.15) is 10.7 Å². The second-order valence-corrected chi connectivity index (χ2v) is 4.33. The molecule has 0 saturated carbocycles. The lowest BCUT2D eigenvalue weighted by Gasteiger charge is -2.02. The smallest absolute Gasteiger partial charge is 0.270 e. The molecule has 0 radical (unpaired) electrons. The average molecular weight is 273 g/mol. The zero-order chi connectivity index (χ0) is 13.7. The van der Waals surface area contributed by atoms with E-state index >= 15 is 0 Å². The number of nitrogens with two attached hydrogens (primary N) is 1. The van der Waals surface area contributed by atoms with Gasteiger partial charge in [0, 0.05) is 11.8 Å². The summed E-state index contributed by atoms with van der Waals surface area (Å²) in [5.74, 6) is 5.77. The van der Waals surface area contributed by atoms with Gasteiger partial charge in [0.25, 0.3) is 5.91 Å². The minimum Gasteiger partial charge on any atom is -0.320 e. The number of carbonyl (C=O) groups is 1. The van der Waals surface area contributed by atoms with Gasteiger partial charge in [0.15, 0.2) is 0 Å². The predicted octanol–water partition coefficient (Wildman–Crippen LogP) is 0.804. The SMILES string of the molecule is Cc1nnsc1C(=O)Nc1cc(C#CCN)ccn1. The number of nitrogens with zero attached hydrogens (tertiary/aromatic N) is 3. The fraction of sp³-hybridized carbons (Fsp3) is 0.167. The maximum Gasteiger partial charge on any atom is 0.270 e. The van der Waals surface area contributed by atoms with E-state index in [1.54, 1.807) is 25.3 Å². The summed E-state index contributed by atoms with van der Waals surface area (Å²) in [6.07, 6.45) is 1.58. The van der Waals surface area contributed by atoms with Crippen LogP contribution in [-0.2, 0) is 0 Å². The van der Waals surface area contributed by atoms with Gasteiger partial charge in [-0.15, -0.1) is 5.10 Å². The summed E-state index contributed by atoms with van der Waals surface area (Å²) < 4.78 is 3.72. The Bertz CT molecular complexity index is 655. The second-order valence-electron chi connectivity index (χ2n) is 3.58. The van der Waals surface area contributed by atoms with Gasteiger partial charge in [-0.1, -0.05) is 16.3 Å². The lowest BCUT2D eigenvalue weighted by atomic mass is 10.2. The zero-order valence-corrected chi connectivity index (χ0v) is 11.0. The fourth-order valence-electron chi connectivity index (χ4n) is 1.34. The number of anilines is 1. The Hall–Kier alpha value is -2.30. The topological polar surface area (TPSA) is 93.8 Å². The van der Waals surface area contributed by atoms with Crippen LogP contribution in [0.3, 0.4) is 0 Å². The molecule has 1 amide bonds. The third-order valence-corrected chi connectivity index (χ3v) is 3.02. The Morgan fingerprint density at radius 2 is 2.42 bits per heavy atom. The van der Waals surface area contributed by atoms with Crippen LogP contribution >= 0.6 is 11.5 Å². The van der Waals surface area contributed by atoms with Gasteiger partial charge < -0.3 is 11.1 Å². The molecule has 0 bridgehead atoms. The average Bonchev–Trinajstić information content (AvgIpc) is 2.83. The predicted molar refractivity (Wildman–Crippen MR) is 72.8 cm³/mol. The molecule has 6 nitrogen and oxygen atoms in total. The maximum absolute atomic E-state index is 11.9. The number of aryl methyl sites for hydroxylation is 1. The number of pyridine rings is 1. The summed E-state index contributed by atoms with van der Waals surface area (Å²) in [4.78, 5) is 16.5. The summed E-state index contributed by atoms with van der Waals surface area (Å²) in [6.45, 7) is 2.02. The van der Waals surface area contributed by atoms with E-state index < -0.39 is 0 Å². The molecule has 3 N–H and O–H groups in total. The zero-order valence-electron chi connectivity index (χ0n) is 10.2. The van der Waals surface area contributed by atoms with Crippen LogP contribution in [0.2, 0.25) is 0 Å². The van der Waals surface area contributed by atoms with Crippen molar-refractivity contribution in [3.8, 4) is 11.8 Å². The molecule has 0 aliphatic rings. The Morgan fingerprint density at radius 3 is 3.11 bits per heavy atom. The number of rotatable bonds is 2. The lowest BCUT2D eigenvalue weighted by molar-refractivity contribution is 0.102. The Labute approximate surface area is 114 Å². The van der Waals surface area contributed by atoms with E-state index in [9.17, 15) is 4.79 Å². The first-order valence-electron chi connectivity index (χ1n) is 5.46. The molecule has 19 heavy (non-hydrogen) atoms. The number of carbonyl (C=O) groups excluding carboxylic acids is 1. The van der Waals surface area contributed by atoms with Gasteiger partial charge in [-0.3, -0.25) is 4.79 Å². The van der Waals surface area contributed by atoms with Crippen molar-refractivity contribution >= 4 is 23.3 Å². The Morgan fingerprint density at radius 1 is 1.58 bits per heavy atom. The summed E-state index contributed by atoms with van der Waals surface area (Å²) in [5, 5.41) is 6.47. The van der Waals surface area contributed by atoms with Crippen LogP contribution in [0.25, 0.3) is 0 Å². The molecule has 0 aliphatic heterocycles. The molecule has 0 unspecified atom stereocenters. The van der Waals surface area contributed by atoms with E-state index in [2.05, 4.69) is 31.7 Å². The highest BCUT2D eigenvalue weighted by Crippen LogP contribution is 2.12. The van der Waals surface area contributed by atoms with Crippen molar-refractivity contribution in [3.63, 3.8) is 0 Å². The van der Waals surface area contributed by atoms with E-state index in [-0.39, 0.29) is 12.5 Å². The number of hydrogen-bond acceptors (Lipinski definition) is 6. The van der Waals surface area contributed by atoms with Gasteiger partial charge in [-0.2, -0.15) is 0 Å². The number of aromatic nitrogens is 3. The van der Waals surface area contributed by atoms with Gasteiger partial charge in [0.2, 0.25) is 0 Å². The highest BCUT2D eigenvalue weighted by Gasteiger charge is 2.13. The highest BCUT2D eigenvalue weighted by atomic mass is 32.1. The molecule has 0 atom stereocenters. The first kappa shape index (κ1) is 13.1. The summed E-state index contributed by atoms with van der Waals surface area (Å²) in [7, 11) is 0. The van der Waals surface area contributed by atoms with Crippen LogP contribution < -0.4 is 11.1 Å². The van der Waals surface area contributed by atoms with Crippen LogP contribution in [-0.4, -0.2) is 27.0 Å². The third-order valence-electron chi connectivity index (χ3n) is 2.19. The van der Waals surface area contributed by atoms with Crippen molar-refractivity contribution < 1.29 is 4.79 Å². The van der Waals surface area contributed by atoms with Crippen LogP contribution in [0, 0.1) is 18.8 Å². The first-order chi connectivity index (χ1) is 9.20. The van der Waals surface area contributed by atoms with E-state index in [0.29, 0.717) is 16.4 Å². The summed E-state index contributed by atoms with van der Waals surface area (Å²) in [5.41, 5.74) is 6.65. The molecule has 2 rings (SSSR count). The largest absolute Gasteiger partial charge is 0.320 e. The summed E-state index contributed by atoms with van der Waals surface area (Å²) in [6, 6.07) is 3.43.